The Morgan fingerprint density at radius 2 is 1.90 bits per heavy atom. The van der Waals surface area contributed by atoms with Gasteiger partial charge in [0.25, 0.3) is 0 Å². The molecule has 1 aliphatic heterocycles. The monoisotopic (exact) mass is 282 g/mol. The topological polar surface area (TPSA) is 70.5 Å². The Bertz CT molecular complexity index is 892. The Balaban J connectivity index is 2.15. The summed E-state index contributed by atoms with van der Waals surface area (Å²) in [6.45, 7) is 0.0647. The third-order valence-electron chi connectivity index (χ3n) is 3.36. The molecule has 0 saturated heterocycles. The number of ether oxygens (including phenoxy) is 3. The first-order valence-corrected chi connectivity index (χ1v) is 6.35. The number of benzene rings is 2. The molecule has 1 aliphatic rings. The average Bonchev–Trinajstić information content (AvgIpc) is 2.97. The van der Waals surface area contributed by atoms with Gasteiger partial charge in [0.1, 0.15) is 11.1 Å². The van der Waals surface area contributed by atoms with Gasteiger partial charge in [0, 0.05) is 6.07 Å². The van der Waals surface area contributed by atoms with Crippen LogP contribution in [-0.2, 0) is 4.74 Å². The number of fused-ring (bicyclic) bond motifs is 3. The van der Waals surface area contributed by atoms with Crippen molar-refractivity contribution in [3.63, 3.8) is 0 Å². The lowest BCUT2D eigenvalue weighted by Gasteiger charge is -2.08. The summed E-state index contributed by atoms with van der Waals surface area (Å²) in [4.78, 5) is 21.1. The van der Waals surface area contributed by atoms with Crippen LogP contribution in [-0.4, -0.2) is 29.8 Å². The zero-order chi connectivity index (χ0) is 14.4. The normalized spacial score (nSPS) is 12.8. The van der Waals surface area contributed by atoms with Gasteiger partial charge < -0.3 is 14.2 Å². The minimum Gasteiger partial charge on any atom is -0.465 e. The van der Waals surface area contributed by atoms with Crippen LogP contribution < -0.4 is 9.47 Å². The lowest BCUT2D eigenvalue weighted by molar-refractivity contribution is 0.0598. The molecule has 0 unspecified atom stereocenters. The van der Waals surface area contributed by atoms with Crippen molar-refractivity contribution in [2.24, 2.45) is 0 Å². The van der Waals surface area contributed by atoms with Crippen molar-refractivity contribution < 1.29 is 19.0 Å². The predicted octanol–water partition coefficient (Wildman–Crippen LogP) is 2.30. The van der Waals surface area contributed by atoms with Crippen LogP contribution >= 0.6 is 0 Å². The highest BCUT2D eigenvalue weighted by molar-refractivity contribution is 6.07. The maximum atomic E-state index is 12.1. The van der Waals surface area contributed by atoms with Gasteiger partial charge in [-0.25, -0.2) is 14.8 Å². The van der Waals surface area contributed by atoms with Crippen LogP contribution in [0.2, 0.25) is 0 Å². The number of aromatic nitrogens is 2. The van der Waals surface area contributed by atoms with E-state index in [1.807, 2.05) is 24.3 Å². The fourth-order valence-corrected chi connectivity index (χ4v) is 2.41. The van der Waals surface area contributed by atoms with E-state index >= 15 is 0 Å². The number of rotatable bonds is 1. The Morgan fingerprint density at radius 3 is 2.67 bits per heavy atom. The first kappa shape index (κ1) is 11.9. The van der Waals surface area contributed by atoms with Crippen LogP contribution in [0.3, 0.4) is 0 Å². The molecular formula is C15H10N2O4. The molecule has 0 amide bonds. The molecule has 3 aromatic rings. The highest BCUT2D eigenvalue weighted by Gasteiger charge is 2.27. The molecule has 0 atom stereocenters. The van der Waals surface area contributed by atoms with Crippen LogP contribution in [0.1, 0.15) is 10.4 Å². The summed E-state index contributed by atoms with van der Waals surface area (Å²) in [5, 5.41) is 0. The van der Waals surface area contributed by atoms with Crippen LogP contribution in [0.15, 0.2) is 30.3 Å². The summed E-state index contributed by atoms with van der Waals surface area (Å²) in [5.41, 5.74) is 2.72. The van der Waals surface area contributed by atoms with Crippen molar-refractivity contribution in [3.05, 3.63) is 35.9 Å². The zero-order valence-electron chi connectivity index (χ0n) is 11.1. The Labute approximate surface area is 119 Å². The van der Waals surface area contributed by atoms with E-state index in [4.69, 9.17) is 14.2 Å². The van der Waals surface area contributed by atoms with E-state index in [2.05, 4.69) is 9.97 Å². The van der Waals surface area contributed by atoms with Crippen LogP contribution in [0, 0.1) is 0 Å². The molecule has 6 heteroatoms. The zero-order valence-corrected chi connectivity index (χ0v) is 11.1. The number of carbonyl (C=O) groups is 1. The van der Waals surface area contributed by atoms with Crippen molar-refractivity contribution in [2.45, 2.75) is 0 Å². The molecule has 2 aromatic carbocycles. The van der Waals surface area contributed by atoms with Gasteiger partial charge in [0.15, 0.2) is 11.5 Å². The largest absolute Gasteiger partial charge is 0.465 e. The summed E-state index contributed by atoms with van der Waals surface area (Å²) in [6, 6.07) is 9.19. The van der Waals surface area contributed by atoms with Gasteiger partial charge in [0.2, 0.25) is 6.79 Å². The second kappa shape index (κ2) is 4.31. The van der Waals surface area contributed by atoms with Gasteiger partial charge in [-0.2, -0.15) is 0 Å². The van der Waals surface area contributed by atoms with Crippen LogP contribution in [0.25, 0.3) is 22.1 Å². The number of hydrogen-bond donors (Lipinski definition) is 0. The first-order valence-electron chi connectivity index (χ1n) is 6.35. The molecule has 0 N–H and O–H groups in total. The highest BCUT2D eigenvalue weighted by atomic mass is 16.7. The SMILES string of the molecule is COC(=O)c1c2c(cc3nc4ccccc4nc13)OCO2. The maximum absolute atomic E-state index is 12.1. The minimum atomic E-state index is -0.521. The van der Waals surface area contributed by atoms with E-state index in [0.717, 1.165) is 5.52 Å². The van der Waals surface area contributed by atoms with E-state index < -0.39 is 5.97 Å². The average molecular weight is 282 g/mol. The number of hydrogen-bond acceptors (Lipinski definition) is 6. The van der Waals surface area contributed by atoms with E-state index in [-0.39, 0.29) is 12.4 Å². The van der Waals surface area contributed by atoms with Gasteiger partial charge >= 0.3 is 5.97 Å². The Kier molecular flexibility index (Phi) is 2.44. The summed E-state index contributed by atoms with van der Waals surface area (Å²) in [7, 11) is 1.32. The second-order valence-corrected chi connectivity index (χ2v) is 4.56. The van der Waals surface area contributed by atoms with Crippen LogP contribution in [0.5, 0.6) is 11.5 Å². The predicted molar refractivity (Wildman–Crippen MR) is 74.5 cm³/mol. The highest BCUT2D eigenvalue weighted by Crippen LogP contribution is 2.40. The van der Waals surface area contributed by atoms with Crippen molar-refractivity contribution in [3.8, 4) is 11.5 Å². The fourth-order valence-electron chi connectivity index (χ4n) is 2.41. The van der Waals surface area contributed by atoms with Gasteiger partial charge in [-0.3, -0.25) is 0 Å². The molecule has 0 bridgehead atoms. The van der Waals surface area contributed by atoms with Crippen LogP contribution in [0.4, 0.5) is 0 Å². The molecule has 0 radical (unpaired) electrons. The summed E-state index contributed by atoms with van der Waals surface area (Å²) >= 11 is 0. The Hall–Kier alpha value is -2.89. The Morgan fingerprint density at radius 1 is 1.14 bits per heavy atom. The number of methoxy groups -OCH3 is 1. The van der Waals surface area contributed by atoms with E-state index in [0.29, 0.717) is 28.0 Å². The van der Waals surface area contributed by atoms with E-state index in [9.17, 15) is 4.79 Å². The standard InChI is InChI=1S/C15H10N2O4/c1-19-15(18)12-13-10(6-11-14(12)21-7-20-11)16-8-4-2-3-5-9(8)17-13/h2-6H,7H2,1H3. The third-order valence-corrected chi connectivity index (χ3v) is 3.36. The van der Waals surface area contributed by atoms with Gasteiger partial charge in [-0.05, 0) is 12.1 Å². The molecule has 1 aromatic heterocycles. The molecule has 0 saturated carbocycles. The summed E-state index contributed by atoms with van der Waals surface area (Å²) < 4.78 is 15.6. The third kappa shape index (κ3) is 1.69. The fraction of sp³-hybridized carbons (Fsp3) is 0.133. The molecule has 0 fully saturated rings. The van der Waals surface area contributed by atoms with E-state index in [1.54, 1.807) is 6.07 Å². The summed E-state index contributed by atoms with van der Waals surface area (Å²) in [6.07, 6.45) is 0. The maximum Gasteiger partial charge on any atom is 0.344 e. The number of para-hydroxylation sites is 2. The molecule has 0 aliphatic carbocycles. The van der Waals surface area contributed by atoms with Gasteiger partial charge in [-0.15, -0.1) is 0 Å². The lowest BCUT2D eigenvalue weighted by atomic mass is 10.1. The molecule has 4 rings (SSSR count). The van der Waals surface area contributed by atoms with Crippen molar-refractivity contribution in [1.29, 1.82) is 0 Å². The first-order chi connectivity index (χ1) is 10.3. The molecule has 21 heavy (non-hydrogen) atoms. The van der Waals surface area contributed by atoms with Gasteiger partial charge in [-0.1, -0.05) is 12.1 Å². The summed E-state index contributed by atoms with van der Waals surface area (Å²) in [5.74, 6) is 0.318. The lowest BCUT2D eigenvalue weighted by Crippen LogP contribution is -2.06. The number of carbonyl (C=O) groups excluding carboxylic acids is 1. The molecular weight excluding hydrogens is 272 g/mol. The molecule has 2 heterocycles. The van der Waals surface area contributed by atoms with E-state index in [1.165, 1.54) is 7.11 Å². The quantitative estimate of drug-likeness (QED) is 0.504. The smallest absolute Gasteiger partial charge is 0.344 e. The minimum absolute atomic E-state index is 0.0647. The number of esters is 1. The molecule has 0 spiro atoms. The second-order valence-electron chi connectivity index (χ2n) is 4.56. The van der Waals surface area contributed by atoms with Gasteiger partial charge in [0.05, 0.1) is 23.7 Å². The number of nitrogens with zero attached hydrogens (tertiary/aromatic N) is 2. The van der Waals surface area contributed by atoms with Crippen molar-refractivity contribution >= 4 is 28.0 Å². The molecule has 6 nitrogen and oxygen atoms in total. The van der Waals surface area contributed by atoms with Crippen molar-refractivity contribution in [1.82, 2.24) is 9.97 Å². The molecule has 104 valence electrons. The van der Waals surface area contributed by atoms with Crippen molar-refractivity contribution in [2.75, 3.05) is 13.9 Å².